The fourth-order valence-corrected chi connectivity index (χ4v) is 3.94. The van der Waals surface area contributed by atoms with Crippen LogP contribution >= 0.6 is 23.1 Å². The molecular weight excluding hydrogens is 382 g/mol. The number of amides is 1. The molecule has 1 amide bonds. The maximum absolute atomic E-state index is 12.4. The van der Waals surface area contributed by atoms with Gasteiger partial charge in [-0.25, -0.2) is 9.78 Å². The van der Waals surface area contributed by atoms with E-state index in [9.17, 15) is 9.59 Å². The van der Waals surface area contributed by atoms with Crippen LogP contribution in [0.25, 0.3) is 11.3 Å². The molecule has 0 saturated heterocycles. The van der Waals surface area contributed by atoms with Gasteiger partial charge in [-0.3, -0.25) is 4.79 Å². The van der Waals surface area contributed by atoms with Crippen LogP contribution in [-0.4, -0.2) is 34.7 Å². The van der Waals surface area contributed by atoms with Crippen molar-refractivity contribution in [1.82, 2.24) is 9.97 Å². The minimum Gasteiger partial charge on any atom is -0.464 e. The Balaban J connectivity index is 1.57. The van der Waals surface area contributed by atoms with E-state index in [1.807, 2.05) is 42.6 Å². The molecule has 8 heteroatoms. The number of carbonyl (C=O) groups is 2. The third-order valence-electron chi connectivity index (χ3n) is 3.81. The van der Waals surface area contributed by atoms with Crippen LogP contribution in [0.15, 0.2) is 52.9 Å². The lowest BCUT2D eigenvalue weighted by Crippen LogP contribution is -2.22. The van der Waals surface area contributed by atoms with E-state index in [4.69, 9.17) is 0 Å². The van der Waals surface area contributed by atoms with Gasteiger partial charge in [-0.1, -0.05) is 25.1 Å². The minimum atomic E-state index is -0.435. The van der Waals surface area contributed by atoms with Crippen molar-refractivity contribution < 1.29 is 14.3 Å². The van der Waals surface area contributed by atoms with Crippen molar-refractivity contribution in [3.05, 3.63) is 53.7 Å². The van der Waals surface area contributed by atoms with Crippen LogP contribution in [0.5, 0.6) is 0 Å². The second kappa shape index (κ2) is 8.88. The highest BCUT2D eigenvalue weighted by molar-refractivity contribution is 7.99. The van der Waals surface area contributed by atoms with E-state index in [0.29, 0.717) is 22.3 Å². The molecule has 0 fully saturated rings. The summed E-state index contributed by atoms with van der Waals surface area (Å²) in [5, 5.41) is 5.23. The molecule has 3 aromatic rings. The monoisotopic (exact) mass is 401 g/mol. The predicted octanol–water partition coefficient (Wildman–Crippen LogP) is 4.29. The topological polar surface area (TPSA) is 84.1 Å². The number of ether oxygens (including phenoxy) is 1. The Morgan fingerprint density at radius 2 is 2.11 bits per heavy atom. The highest BCUT2D eigenvalue weighted by Crippen LogP contribution is 2.26. The van der Waals surface area contributed by atoms with Gasteiger partial charge < -0.3 is 15.0 Å². The number of thiazole rings is 1. The minimum absolute atomic E-state index is 0.0661. The summed E-state index contributed by atoms with van der Waals surface area (Å²) in [6, 6.07) is 11.7. The molecule has 0 saturated carbocycles. The van der Waals surface area contributed by atoms with Crippen LogP contribution in [0, 0.1) is 5.92 Å². The summed E-state index contributed by atoms with van der Waals surface area (Å²) in [4.78, 5) is 32.3. The number of H-pyrrole nitrogens is 1. The second-order valence-corrected chi connectivity index (χ2v) is 7.80. The summed E-state index contributed by atoms with van der Waals surface area (Å²) >= 11 is 3.00. The van der Waals surface area contributed by atoms with Crippen molar-refractivity contribution in [3.8, 4) is 11.3 Å². The lowest BCUT2D eigenvalue weighted by Gasteiger charge is -2.10. The number of anilines is 1. The first kappa shape index (κ1) is 19.2. The van der Waals surface area contributed by atoms with Gasteiger partial charge in [-0.05, 0) is 18.2 Å². The standard InChI is InChI=1S/C19H19N3O3S2/c1-12(10-26-14-6-4-3-5-7-14)17(23)22-19-21-16(11-27-19)13-8-15(20-9-13)18(24)25-2/h3-9,11-12,20H,10H2,1-2H3,(H,21,22,23). The Morgan fingerprint density at radius 1 is 1.33 bits per heavy atom. The van der Waals surface area contributed by atoms with E-state index >= 15 is 0 Å². The van der Waals surface area contributed by atoms with E-state index in [1.54, 1.807) is 24.0 Å². The molecular formula is C19H19N3O3S2. The van der Waals surface area contributed by atoms with Gasteiger partial charge in [0.2, 0.25) is 5.91 Å². The van der Waals surface area contributed by atoms with Crippen molar-refractivity contribution in [2.45, 2.75) is 11.8 Å². The van der Waals surface area contributed by atoms with E-state index in [-0.39, 0.29) is 11.8 Å². The maximum atomic E-state index is 12.4. The highest BCUT2D eigenvalue weighted by Gasteiger charge is 2.16. The number of hydrogen-bond donors (Lipinski definition) is 2. The third-order valence-corrected chi connectivity index (χ3v) is 5.84. The molecule has 2 heterocycles. The third kappa shape index (κ3) is 4.99. The molecule has 0 spiro atoms. The normalized spacial score (nSPS) is 11.8. The fraction of sp³-hybridized carbons (Fsp3) is 0.211. The highest BCUT2D eigenvalue weighted by atomic mass is 32.2. The average Bonchev–Trinajstić information content (AvgIpc) is 3.35. The lowest BCUT2D eigenvalue weighted by molar-refractivity contribution is -0.118. The second-order valence-electron chi connectivity index (χ2n) is 5.85. The first-order chi connectivity index (χ1) is 13.1. The largest absolute Gasteiger partial charge is 0.464 e. The number of nitrogens with one attached hydrogen (secondary N) is 2. The van der Waals surface area contributed by atoms with Crippen molar-refractivity contribution in [1.29, 1.82) is 0 Å². The van der Waals surface area contributed by atoms with E-state index in [2.05, 4.69) is 20.0 Å². The number of benzene rings is 1. The Morgan fingerprint density at radius 3 is 2.85 bits per heavy atom. The molecule has 0 aliphatic rings. The molecule has 1 unspecified atom stereocenters. The van der Waals surface area contributed by atoms with Crippen LogP contribution in [0.2, 0.25) is 0 Å². The predicted molar refractivity (Wildman–Crippen MR) is 108 cm³/mol. The molecule has 0 radical (unpaired) electrons. The van der Waals surface area contributed by atoms with Gasteiger partial charge in [-0.15, -0.1) is 23.1 Å². The van der Waals surface area contributed by atoms with Gasteiger partial charge in [0.15, 0.2) is 5.13 Å². The summed E-state index contributed by atoms with van der Waals surface area (Å²) in [7, 11) is 1.33. The molecule has 1 atom stereocenters. The van der Waals surface area contributed by atoms with Crippen molar-refractivity contribution in [3.63, 3.8) is 0 Å². The van der Waals surface area contributed by atoms with Gasteiger partial charge >= 0.3 is 5.97 Å². The average molecular weight is 402 g/mol. The number of aromatic amines is 1. The van der Waals surface area contributed by atoms with Crippen molar-refractivity contribution in [2.75, 3.05) is 18.2 Å². The summed E-state index contributed by atoms with van der Waals surface area (Å²) < 4.78 is 4.68. The molecule has 27 heavy (non-hydrogen) atoms. The summed E-state index contributed by atoms with van der Waals surface area (Å²) in [5.41, 5.74) is 1.81. The first-order valence-corrected chi connectivity index (χ1v) is 10.1. The van der Waals surface area contributed by atoms with Crippen LogP contribution in [0.1, 0.15) is 17.4 Å². The molecule has 140 valence electrons. The summed E-state index contributed by atoms with van der Waals surface area (Å²) in [6.07, 6.45) is 1.69. The van der Waals surface area contributed by atoms with Gasteiger partial charge in [0.25, 0.3) is 0 Å². The van der Waals surface area contributed by atoms with Gasteiger partial charge in [-0.2, -0.15) is 0 Å². The number of hydrogen-bond acceptors (Lipinski definition) is 6. The fourth-order valence-electron chi connectivity index (χ4n) is 2.28. The zero-order valence-electron chi connectivity index (χ0n) is 14.9. The molecule has 1 aromatic carbocycles. The van der Waals surface area contributed by atoms with Crippen LogP contribution in [-0.2, 0) is 9.53 Å². The number of methoxy groups -OCH3 is 1. The molecule has 2 N–H and O–H groups in total. The van der Waals surface area contributed by atoms with E-state index in [0.717, 1.165) is 10.5 Å². The Kier molecular flexibility index (Phi) is 6.31. The van der Waals surface area contributed by atoms with Crippen LogP contribution < -0.4 is 5.32 Å². The van der Waals surface area contributed by atoms with Gasteiger partial charge in [0, 0.05) is 33.7 Å². The first-order valence-electron chi connectivity index (χ1n) is 8.28. The molecule has 0 bridgehead atoms. The Bertz CT molecular complexity index is 921. The summed E-state index contributed by atoms with van der Waals surface area (Å²) in [5.74, 6) is 0.0353. The maximum Gasteiger partial charge on any atom is 0.354 e. The van der Waals surface area contributed by atoms with E-state index < -0.39 is 5.97 Å². The number of carbonyl (C=O) groups excluding carboxylic acids is 2. The number of aromatic nitrogens is 2. The zero-order valence-corrected chi connectivity index (χ0v) is 16.5. The number of esters is 1. The summed E-state index contributed by atoms with van der Waals surface area (Å²) in [6.45, 7) is 1.90. The van der Waals surface area contributed by atoms with Gasteiger partial charge in [0.05, 0.1) is 12.8 Å². The smallest absolute Gasteiger partial charge is 0.354 e. The van der Waals surface area contributed by atoms with Crippen molar-refractivity contribution in [2.24, 2.45) is 5.92 Å². The number of rotatable bonds is 7. The number of nitrogens with zero attached hydrogens (tertiary/aromatic N) is 1. The molecule has 0 aliphatic carbocycles. The van der Waals surface area contributed by atoms with Crippen LogP contribution in [0.4, 0.5) is 5.13 Å². The lowest BCUT2D eigenvalue weighted by atomic mass is 10.2. The van der Waals surface area contributed by atoms with Crippen molar-refractivity contribution >= 4 is 40.1 Å². The molecule has 2 aromatic heterocycles. The Hall–Kier alpha value is -2.58. The Labute approximate surface area is 165 Å². The molecule has 6 nitrogen and oxygen atoms in total. The molecule has 0 aliphatic heterocycles. The van der Waals surface area contributed by atoms with E-state index in [1.165, 1.54) is 18.4 Å². The number of thioether (sulfide) groups is 1. The van der Waals surface area contributed by atoms with Crippen LogP contribution in [0.3, 0.4) is 0 Å². The van der Waals surface area contributed by atoms with Gasteiger partial charge in [0.1, 0.15) is 5.69 Å². The quantitative estimate of drug-likeness (QED) is 0.456. The zero-order chi connectivity index (χ0) is 19.2. The SMILES string of the molecule is COC(=O)c1cc(-c2csc(NC(=O)C(C)CSc3ccccc3)n2)c[nH]1. The molecule has 3 rings (SSSR count).